The highest BCUT2D eigenvalue weighted by molar-refractivity contribution is 7.60. The lowest BCUT2D eigenvalue weighted by atomic mass is 10.2. The monoisotopic (exact) mass is 201 g/mol. The Hall–Kier alpha value is -0.830. The molecule has 4 nitrogen and oxygen atoms in total. The zero-order chi connectivity index (χ0) is 10.1. The Morgan fingerprint density at radius 2 is 2.00 bits per heavy atom. The summed E-state index contributed by atoms with van der Waals surface area (Å²) in [5.74, 6) is 0. The van der Waals surface area contributed by atoms with E-state index in [1.807, 2.05) is 0 Å². The standard InChI is InChI=1S/C8H12NO3P/c1-6-3-4-7(9-2)8(5-6)13(10,11)12/h3-5,9H,1-2H3,(H2,10,11,12). The van der Waals surface area contributed by atoms with Crippen LogP contribution in [0.15, 0.2) is 18.2 Å². The first-order valence-corrected chi connectivity index (χ1v) is 5.41. The summed E-state index contributed by atoms with van der Waals surface area (Å²) in [4.78, 5) is 18.0. The van der Waals surface area contributed by atoms with E-state index in [1.165, 1.54) is 6.07 Å². The van der Waals surface area contributed by atoms with Crippen molar-refractivity contribution in [3.63, 3.8) is 0 Å². The lowest BCUT2D eigenvalue weighted by molar-refractivity contribution is 0.387. The highest BCUT2D eigenvalue weighted by atomic mass is 31.2. The molecule has 0 fully saturated rings. The number of hydrogen-bond donors (Lipinski definition) is 3. The van der Waals surface area contributed by atoms with Crippen molar-refractivity contribution in [2.45, 2.75) is 6.92 Å². The molecule has 0 aliphatic rings. The van der Waals surface area contributed by atoms with Crippen molar-refractivity contribution in [2.75, 3.05) is 12.4 Å². The molecule has 0 heterocycles. The van der Waals surface area contributed by atoms with E-state index in [0.29, 0.717) is 5.69 Å². The van der Waals surface area contributed by atoms with E-state index in [0.717, 1.165) is 5.56 Å². The average molecular weight is 201 g/mol. The van der Waals surface area contributed by atoms with Crippen molar-refractivity contribution in [3.8, 4) is 0 Å². The average Bonchev–Trinajstić information content (AvgIpc) is 2.03. The molecule has 0 saturated heterocycles. The predicted octanol–water partition coefficient (Wildman–Crippen LogP) is 0.840. The van der Waals surface area contributed by atoms with Crippen LogP contribution in [0.4, 0.5) is 5.69 Å². The van der Waals surface area contributed by atoms with E-state index in [1.54, 1.807) is 26.1 Å². The van der Waals surface area contributed by atoms with Crippen LogP contribution in [0, 0.1) is 6.92 Å². The van der Waals surface area contributed by atoms with Crippen LogP contribution in [0.2, 0.25) is 0 Å². The maximum atomic E-state index is 11.0. The zero-order valence-electron chi connectivity index (χ0n) is 7.48. The van der Waals surface area contributed by atoms with Crippen molar-refractivity contribution in [3.05, 3.63) is 23.8 Å². The minimum absolute atomic E-state index is 0.0509. The summed E-state index contributed by atoms with van der Waals surface area (Å²) >= 11 is 0. The highest BCUT2D eigenvalue weighted by Gasteiger charge is 2.20. The van der Waals surface area contributed by atoms with E-state index < -0.39 is 7.60 Å². The molecule has 13 heavy (non-hydrogen) atoms. The summed E-state index contributed by atoms with van der Waals surface area (Å²) in [5, 5.41) is 2.79. The van der Waals surface area contributed by atoms with Crippen LogP contribution in [0.25, 0.3) is 0 Å². The van der Waals surface area contributed by atoms with Crippen LogP contribution in [-0.2, 0) is 4.57 Å². The number of anilines is 1. The minimum Gasteiger partial charge on any atom is -0.387 e. The third-order valence-electron chi connectivity index (χ3n) is 1.74. The molecule has 1 aromatic rings. The molecule has 0 aromatic heterocycles. The van der Waals surface area contributed by atoms with Crippen LogP contribution in [-0.4, -0.2) is 16.8 Å². The molecule has 1 rings (SSSR count). The summed E-state index contributed by atoms with van der Waals surface area (Å²) in [6, 6.07) is 4.95. The van der Waals surface area contributed by atoms with Gasteiger partial charge in [0.1, 0.15) is 0 Å². The Balaban J connectivity index is 3.33. The Kier molecular flexibility index (Phi) is 2.76. The van der Waals surface area contributed by atoms with Crippen molar-refractivity contribution < 1.29 is 14.4 Å². The highest BCUT2D eigenvalue weighted by Crippen LogP contribution is 2.36. The van der Waals surface area contributed by atoms with Crippen LogP contribution < -0.4 is 10.6 Å². The molecule has 0 radical (unpaired) electrons. The molecule has 0 unspecified atom stereocenters. The van der Waals surface area contributed by atoms with Crippen LogP contribution in [0.5, 0.6) is 0 Å². The van der Waals surface area contributed by atoms with Gasteiger partial charge in [-0.2, -0.15) is 0 Å². The second-order valence-electron chi connectivity index (χ2n) is 2.81. The third kappa shape index (κ3) is 2.31. The van der Waals surface area contributed by atoms with Gasteiger partial charge in [-0.25, -0.2) is 0 Å². The van der Waals surface area contributed by atoms with Gasteiger partial charge in [-0.05, 0) is 19.1 Å². The normalized spacial score (nSPS) is 11.4. The summed E-state index contributed by atoms with van der Waals surface area (Å²) in [6.07, 6.45) is 0. The second-order valence-corrected chi connectivity index (χ2v) is 4.38. The minimum atomic E-state index is -4.16. The van der Waals surface area contributed by atoms with E-state index in [4.69, 9.17) is 9.79 Å². The predicted molar refractivity (Wildman–Crippen MR) is 52.4 cm³/mol. The molecule has 1 aromatic carbocycles. The Labute approximate surface area is 76.8 Å². The SMILES string of the molecule is CNc1ccc(C)cc1P(=O)(O)O. The molecular formula is C8H12NO3P. The smallest absolute Gasteiger partial charge is 0.358 e. The molecule has 0 aliphatic heterocycles. The molecule has 0 aliphatic carbocycles. The van der Waals surface area contributed by atoms with Crippen LogP contribution >= 0.6 is 7.60 Å². The van der Waals surface area contributed by atoms with Crippen molar-refractivity contribution in [1.29, 1.82) is 0 Å². The lowest BCUT2D eigenvalue weighted by Crippen LogP contribution is -2.10. The van der Waals surface area contributed by atoms with Crippen LogP contribution in [0.1, 0.15) is 5.56 Å². The van der Waals surface area contributed by atoms with Gasteiger partial charge in [-0.15, -0.1) is 0 Å². The zero-order valence-corrected chi connectivity index (χ0v) is 8.38. The number of aryl methyl sites for hydroxylation is 1. The molecule has 0 saturated carbocycles. The lowest BCUT2D eigenvalue weighted by Gasteiger charge is -2.10. The molecule has 0 spiro atoms. The topological polar surface area (TPSA) is 69.6 Å². The van der Waals surface area contributed by atoms with Crippen molar-refractivity contribution in [2.24, 2.45) is 0 Å². The Morgan fingerprint density at radius 3 is 2.46 bits per heavy atom. The van der Waals surface area contributed by atoms with E-state index in [2.05, 4.69) is 5.32 Å². The fourth-order valence-electron chi connectivity index (χ4n) is 1.09. The molecule has 0 amide bonds. The Bertz CT molecular complexity index is 358. The number of rotatable bonds is 2. The molecule has 3 N–H and O–H groups in total. The molecule has 5 heteroatoms. The summed E-state index contributed by atoms with van der Waals surface area (Å²) in [6.45, 7) is 1.79. The van der Waals surface area contributed by atoms with Gasteiger partial charge in [0.15, 0.2) is 0 Å². The van der Waals surface area contributed by atoms with Crippen LogP contribution in [0.3, 0.4) is 0 Å². The Morgan fingerprint density at radius 1 is 1.38 bits per heavy atom. The maximum Gasteiger partial charge on any atom is 0.358 e. The quantitative estimate of drug-likeness (QED) is 0.620. The van der Waals surface area contributed by atoms with Gasteiger partial charge in [-0.3, -0.25) is 4.57 Å². The van der Waals surface area contributed by atoms with E-state index in [-0.39, 0.29) is 5.30 Å². The van der Waals surface area contributed by atoms with Gasteiger partial charge >= 0.3 is 7.60 Å². The first-order chi connectivity index (χ1) is 5.95. The van der Waals surface area contributed by atoms with Gasteiger partial charge in [0.25, 0.3) is 0 Å². The first-order valence-electron chi connectivity index (χ1n) is 3.79. The fraction of sp³-hybridized carbons (Fsp3) is 0.250. The maximum absolute atomic E-state index is 11.0. The summed E-state index contributed by atoms with van der Waals surface area (Å²) in [5.41, 5.74) is 1.30. The first kappa shape index (κ1) is 10.3. The third-order valence-corrected chi connectivity index (χ3v) is 2.73. The number of hydrogen-bond acceptors (Lipinski definition) is 2. The second kappa shape index (κ2) is 3.50. The molecule has 0 bridgehead atoms. The fourth-order valence-corrected chi connectivity index (χ4v) is 1.97. The molecule has 0 atom stereocenters. The van der Waals surface area contributed by atoms with E-state index in [9.17, 15) is 4.57 Å². The largest absolute Gasteiger partial charge is 0.387 e. The van der Waals surface area contributed by atoms with Crippen molar-refractivity contribution in [1.82, 2.24) is 0 Å². The summed E-state index contributed by atoms with van der Waals surface area (Å²) in [7, 11) is -2.53. The molecule has 72 valence electrons. The number of benzene rings is 1. The molecular weight excluding hydrogens is 189 g/mol. The summed E-state index contributed by atoms with van der Waals surface area (Å²) < 4.78 is 11.0. The van der Waals surface area contributed by atoms with Crippen molar-refractivity contribution >= 4 is 18.6 Å². The van der Waals surface area contributed by atoms with Gasteiger partial charge in [0.05, 0.1) is 5.30 Å². The van der Waals surface area contributed by atoms with Gasteiger partial charge in [-0.1, -0.05) is 11.6 Å². The van der Waals surface area contributed by atoms with E-state index >= 15 is 0 Å². The van der Waals surface area contributed by atoms with Gasteiger partial charge in [0.2, 0.25) is 0 Å². The number of nitrogens with one attached hydrogen (secondary N) is 1. The van der Waals surface area contributed by atoms with Gasteiger partial charge in [0, 0.05) is 12.7 Å². The van der Waals surface area contributed by atoms with Gasteiger partial charge < -0.3 is 15.1 Å².